The second-order valence-corrected chi connectivity index (χ2v) is 11.6. The van der Waals surface area contributed by atoms with Gasteiger partial charge in [0.05, 0.1) is 23.0 Å². The number of aromatic nitrogens is 1. The lowest BCUT2D eigenvalue weighted by atomic mass is 9.75. The molecular weight excluding hydrogens is 572 g/mol. The number of amides is 2. The van der Waals surface area contributed by atoms with Gasteiger partial charge in [-0.2, -0.15) is 18.4 Å². The molecule has 3 aliphatic rings. The lowest BCUT2D eigenvalue weighted by Gasteiger charge is -2.44. The van der Waals surface area contributed by atoms with Gasteiger partial charge >= 0.3 is 6.18 Å². The smallest absolute Gasteiger partial charge is 0.352 e. The minimum absolute atomic E-state index is 0.149. The number of benzene rings is 1. The van der Waals surface area contributed by atoms with Gasteiger partial charge in [-0.3, -0.25) is 14.5 Å². The van der Waals surface area contributed by atoms with Crippen LogP contribution in [0.2, 0.25) is 0 Å². The third-order valence-corrected chi connectivity index (χ3v) is 8.94. The standard InChI is InChI=1S/C29H32F4N6O2S/c30-23-14-19(7-8-21(23)25(40)36-12-4-11-35-16-18-5-1-2-6-18)39-27(42)38(26(41)28(39)9-3-10-28)20-13-22(29(31,32)33)24(15-34)37-17-20/h7-8,13-14,17-18,27,35,42H,1-6,9-12,16H2,(H,36,40). The van der Waals surface area contributed by atoms with E-state index in [1.54, 1.807) is 4.90 Å². The van der Waals surface area contributed by atoms with Crippen molar-refractivity contribution < 1.29 is 27.2 Å². The summed E-state index contributed by atoms with van der Waals surface area (Å²) in [7, 11) is 0. The highest BCUT2D eigenvalue weighted by Gasteiger charge is 2.60. The summed E-state index contributed by atoms with van der Waals surface area (Å²) in [4.78, 5) is 32.6. The molecule has 1 aliphatic heterocycles. The molecule has 8 nitrogen and oxygen atoms in total. The van der Waals surface area contributed by atoms with E-state index in [2.05, 4.69) is 28.2 Å². The predicted molar refractivity (Wildman–Crippen MR) is 151 cm³/mol. The van der Waals surface area contributed by atoms with Crippen LogP contribution in [0.5, 0.6) is 0 Å². The molecule has 2 aliphatic carbocycles. The number of pyridine rings is 1. The Bertz CT molecular complexity index is 1390. The van der Waals surface area contributed by atoms with Gasteiger partial charge in [0.1, 0.15) is 17.4 Å². The monoisotopic (exact) mass is 604 g/mol. The highest BCUT2D eigenvalue weighted by molar-refractivity contribution is 7.81. The van der Waals surface area contributed by atoms with Crippen LogP contribution in [0.15, 0.2) is 30.5 Å². The summed E-state index contributed by atoms with van der Waals surface area (Å²) in [6, 6.07) is 6.13. The van der Waals surface area contributed by atoms with E-state index in [1.807, 2.05) is 0 Å². The summed E-state index contributed by atoms with van der Waals surface area (Å²) in [6.45, 7) is 2.11. The van der Waals surface area contributed by atoms with Gasteiger partial charge in [-0.1, -0.05) is 12.8 Å². The SMILES string of the molecule is N#Cc1ncc(N2C(=O)C3(CCC3)N(c3ccc(C(=O)NCCCNCC4CCCC4)c(F)c3)C2S)cc1C(F)(F)F. The van der Waals surface area contributed by atoms with E-state index in [-0.39, 0.29) is 16.9 Å². The summed E-state index contributed by atoms with van der Waals surface area (Å²) in [5.74, 6) is -1.11. The first-order chi connectivity index (χ1) is 20.1. The molecule has 2 amide bonds. The topological polar surface area (TPSA) is 101 Å². The van der Waals surface area contributed by atoms with Crippen molar-refractivity contribution in [2.45, 2.75) is 68.6 Å². The zero-order chi connectivity index (χ0) is 30.1. The molecule has 2 N–H and O–H groups in total. The van der Waals surface area contributed by atoms with Gasteiger partial charge in [-0.25, -0.2) is 9.37 Å². The molecule has 1 unspecified atom stereocenters. The molecule has 1 atom stereocenters. The van der Waals surface area contributed by atoms with Crippen LogP contribution in [-0.2, 0) is 11.0 Å². The normalized spacial score (nSPS) is 20.2. The number of hydrogen-bond acceptors (Lipinski definition) is 7. The maximum atomic E-state index is 15.3. The number of carbonyl (C=O) groups excluding carboxylic acids is 2. The molecular formula is C29H32F4N6O2S. The zero-order valence-corrected chi connectivity index (χ0v) is 23.8. The lowest BCUT2D eigenvalue weighted by Crippen LogP contribution is -2.55. The van der Waals surface area contributed by atoms with Crippen LogP contribution in [0, 0.1) is 23.1 Å². The van der Waals surface area contributed by atoms with Crippen LogP contribution in [-0.4, -0.2) is 47.5 Å². The fraction of sp³-hybridized carbons (Fsp3) is 0.517. The molecule has 1 aromatic heterocycles. The van der Waals surface area contributed by atoms with Gasteiger partial charge in [-0.15, -0.1) is 12.6 Å². The molecule has 0 radical (unpaired) electrons. The molecule has 1 saturated heterocycles. The first kappa shape index (κ1) is 30.1. The number of nitriles is 1. The van der Waals surface area contributed by atoms with Gasteiger partial charge in [0.15, 0.2) is 11.2 Å². The summed E-state index contributed by atoms with van der Waals surface area (Å²) in [5, 5.41) is 15.2. The Morgan fingerprint density at radius 2 is 1.88 bits per heavy atom. The molecule has 224 valence electrons. The molecule has 42 heavy (non-hydrogen) atoms. The fourth-order valence-electron chi connectivity index (χ4n) is 6.13. The number of rotatable bonds is 9. The second kappa shape index (κ2) is 12.1. The van der Waals surface area contributed by atoms with Crippen LogP contribution in [0.1, 0.15) is 73.0 Å². The van der Waals surface area contributed by atoms with Crippen molar-refractivity contribution in [1.29, 1.82) is 5.26 Å². The summed E-state index contributed by atoms with van der Waals surface area (Å²) in [5.41, 5.74) is -4.32. The number of carbonyl (C=O) groups is 2. The van der Waals surface area contributed by atoms with E-state index in [4.69, 9.17) is 5.26 Å². The molecule has 0 bridgehead atoms. The number of hydrogen-bond donors (Lipinski definition) is 3. The second-order valence-electron chi connectivity index (χ2n) is 11.1. The van der Waals surface area contributed by atoms with Crippen molar-refractivity contribution in [3.05, 3.63) is 53.1 Å². The summed E-state index contributed by atoms with van der Waals surface area (Å²) >= 11 is 4.57. The highest BCUT2D eigenvalue weighted by atomic mass is 32.1. The van der Waals surface area contributed by atoms with Gasteiger partial charge in [0.2, 0.25) is 0 Å². The molecule has 1 aromatic carbocycles. The molecule has 1 spiro atoms. The Morgan fingerprint density at radius 1 is 1.14 bits per heavy atom. The number of alkyl halides is 3. The number of nitrogens with zero attached hydrogens (tertiary/aromatic N) is 4. The molecule has 5 rings (SSSR count). The molecule has 13 heteroatoms. The molecule has 2 aromatic rings. The van der Waals surface area contributed by atoms with E-state index in [9.17, 15) is 22.8 Å². The van der Waals surface area contributed by atoms with Crippen LogP contribution in [0.4, 0.5) is 28.9 Å². The zero-order valence-electron chi connectivity index (χ0n) is 22.9. The van der Waals surface area contributed by atoms with Crippen molar-refractivity contribution in [3.63, 3.8) is 0 Å². The minimum Gasteiger partial charge on any atom is -0.352 e. The van der Waals surface area contributed by atoms with Crippen molar-refractivity contribution in [3.8, 4) is 6.07 Å². The average molecular weight is 605 g/mol. The largest absolute Gasteiger partial charge is 0.419 e. The van der Waals surface area contributed by atoms with Crippen molar-refractivity contribution in [1.82, 2.24) is 15.6 Å². The number of nitrogens with one attached hydrogen (secondary N) is 2. The molecule has 2 saturated carbocycles. The van der Waals surface area contributed by atoms with Crippen LogP contribution >= 0.6 is 12.6 Å². The summed E-state index contributed by atoms with van der Waals surface area (Å²) in [6.07, 6.45) is 3.43. The Hall–Kier alpha value is -3.37. The predicted octanol–water partition coefficient (Wildman–Crippen LogP) is 5.00. The van der Waals surface area contributed by atoms with Crippen molar-refractivity contribution in [2.75, 3.05) is 29.4 Å². The van der Waals surface area contributed by atoms with Crippen LogP contribution in [0.25, 0.3) is 0 Å². The van der Waals surface area contributed by atoms with Gasteiger partial charge < -0.3 is 15.5 Å². The number of halogens is 4. The molecule has 3 fully saturated rings. The Labute approximate surface area is 246 Å². The first-order valence-corrected chi connectivity index (χ1v) is 14.7. The first-order valence-electron chi connectivity index (χ1n) is 14.1. The highest BCUT2D eigenvalue weighted by Crippen LogP contribution is 2.50. The van der Waals surface area contributed by atoms with E-state index in [0.717, 1.165) is 36.2 Å². The minimum atomic E-state index is -4.86. The van der Waals surface area contributed by atoms with Gasteiger partial charge in [0.25, 0.3) is 11.8 Å². The van der Waals surface area contributed by atoms with Crippen LogP contribution < -0.4 is 20.4 Å². The quantitative estimate of drug-likeness (QED) is 0.212. The maximum absolute atomic E-state index is 15.3. The van der Waals surface area contributed by atoms with E-state index in [1.165, 1.54) is 43.9 Å². The lowest BCUT2D eigenvalue weighted by molar-refractivity contribution is -0.138. The van der Waals surface area contributed by atoms with E-state index >= 15 is 4.39 Å². The van der Waals surface area contributed by atoms with Crippen LogP contribution in [0.3, 0.4) is 0 Å². The maximum Gasteiger partial charge on any atom is 0.419 e. The van der Waals surface area contributed by atoms with Crippen molar-refractivity contribution in [2.24, 2.45) is 5.92 Å². The Kier molecular flexibility index (Phi) is 8.66. The number of anilines is 2. The Morgan fingerprint density at radius 3 is 2.50 bits per heavy atom. The fourth-order valence-corrected chi connectivity index (χ4v) is 6.72. The Balaban J connectivity index is 1.29. The summed E-state index contributed by atoms with van der Waals surface area (Å²) < 4.78 is 56.1. The van der Waals surface area contributed by atoms with Gasteiger partial charge in [-0.05, 0) is 81.8 Å². The third-order valence-electron chi connectivity index (χ3n) is 8.48. The van der Waals surface area contributed by atoms with Gasteiger partial charge in [0, 0.05) is 12.2 Å². The van der Waals surface area contributed by atoms with E-state index < -0.39 is 46.1 Å². The molecule has 2 heterocycles. The van der Waals surface area contributed by atoms with Crippen molar-refractivity contribution >= 4 is 35.8 Å². The third kappa shape index (κ3) is 5.66. The average Bonchev–Trinajstić information content (AvgIpc) is 3.53. The van der Waals surface area contributed by atoms with E-state index in [0.29, 0.717) is 38.3 Å². The number of thiol groups is 1.